The lowest BCUT2D eigenvalue weighted by Gasteiger charge is -2.06. The molecule has 0 unspecified atom stereocenters. The maximum Gasteiger partial charge on any atom is 0.276 e. The molecule has 0 N–H and O–H groups in total. The molecule has 0 saturated heterocycles. The SMILES string of the molecule is COc1ccc(/C=c2/sc3nnc(-c4ccc(C)cc4)n3c2=O)c(OC)c1. The van der Waals surface area contributed by atoms with Crippen molar-refractivity contribution in [2.75, 3.05) is 14.2 Å². The number of aromatic nitrogens is 3. The van der Waals surface area contributed by atoms with E-state index in [1.165, 1.54) is 11.3 Å². The van der Waals surface area contributed by atoms with Gasteiger partial charge in [-0.25, -0.2) is 4.40 Å². The first-order valence-electron chi connectivity index (χ1n) is 8.29. The van der Waals surface area contributed by atoms with Crippen LogP contribution in [0.25, 0.3) is 22.4 Å². The lowest BCUT2D eigenvalue weighted by Crippen LogP contribution is -2.23. The molecule has 0 aliphatic rings. The van der Waals surface area contributed by atoms with Crippen LogP contribution in [0.4, 0.5) is 0 Å². The molecule has 0 aliphatic heterocycles. The number of benzene rings is 2. The molecular formula is C20H17N3O3S. The van der Waals surface area contributed by atoms with Gasteiger partial charge in [0.2, 0.25) is 4.96 Å². The second-order valence-corrected chi connectivity index (χ2v) is 7.04. The molecule has 0 atom stereocenters. The van der Waals surface area contributed by atoms with Crippen LogP contribution in [0.1, 0.15) is 11.1 Å². The van der Waals surface area contributed by atoms with Crippen LogP contribution < -0.4 is 19.6 Å². The average molecular weight is 379 g/mol. The zero-order valence-electron chi connectivity index (χ0n) is 15.1. The molecule has 2 heterocycles. The molecule has 2 aromatic heterocycles. The molecule has 0 fully saturated rings. The zero-order valence-corrected chi connectivity index (χ0v) is 15.9. The van der Waals surface area contributed by atoms with Gasteiger partial charge in [0.05, 0.1) is 18.8 Å². The maximum atomic E-state index is 13.0. The van der Waals surface area contributed by atoms with Crippen LogP contribution in [0.3, 0.4) is 0 Å². The van der Waals surface area contributed by atoms with Gasteiger partial charge in [-0.05, 0) is 25.1 Å². The maximum absolute atomic E-state index is 13.0. The van der Waals surface area contributed by atoms with Gasteiger partial charge in [-0.2, -0.15) is 0 Å². The first-order valence-corrected chi connectivity index (χ1v) is 9.11. The third kappa shape index (κ3) is 3.06. The third-order valence-corrected chi connectivity index (χ3v) is 5.24. The predicted octanol–water partition coefficient (Wildman–Crippen LogP) is 2.69. The minimum atomic E-state index is -0.145. The molecule has 0 amide bonds. The number of nitrogens with zero attached hydrogens (tertiary/aromatic N) is 3. The Morgan fingerprint density at radius 2 is 1.81 bits per heavy atom. The normalized spacial score (nSPS) is 11.9. The predicted molar refractivity (Wildman–Crippen MR) is 106 cm³/mol. The Labute approximate surface area is 159 Å². The summed E-state index contributed by atoms with van der Waals surface area (Å²) in [4.78, 5) is 13.5. The Hall–Kier alpha value is -3.19. The summed E-state index contributed by atoms with van der Waals surface area (Å²) in [5.74, 6) is 1.88. The highest BCUT2D eigenvalue weighted by Gasteiger charge is 2.14. The highest BCUT2D eigenvalue weighted by molar-refractivity contribution is 7.15. The summed E-state index contributed by atoms with van der Waals surface area (Å²) < 4.78 is 12.8. The van der Waals surface area contributed by atoms with E-state index in [4.69, 9.17) is 9.47 Å². The van der Waals surface area contributed by atoms with Crippen LogP contribution in [0.15, 0.2) is 47.3 Å². The van der Waals surface area contributed by atoms with Crippen molar-refractivity contribution < 1.29 is 9.47 Å². The van der Waals surface area contributed by atoms with Gasteiger partial charge in [0.25, 0.3) is 5.56 Å². The van der Waals surface area contributed by atoms with Crippen molar-refractivity contribution in [1.82, 2.24) is 14.6 Å². The molecule has 0 spiro atoms. The summed E-state index contributed by atoms with van der Waals surface area (Å²) in [5.41, 5.74) is 2.66. The van der Waals surface area contributed by atoms with Gasteiger partial charge in [-0.15, -0.1) is 10.2 Å². The van der Waals surface area contributed by atoms with Gasteiger partial charge in [-0.3, -0.25) is 4.79 Å². The third-order valence-electron chi connectivity index (χ3n) is 4.29. The largest absolute Gasteiger partial charge is 0.497 e. The zero-order chi connectivity index (χ0) is 19.0. The van der Waals surface area contributed by atoms with E-state index in [1.807, 2.05) is 43.3 Å². The summed E-state index contributed by atoms with van der Waals surface area (Å²) in [6.07, 6.45) is 1.80. The standard InChI is InChI=1S/C20H17N3O3S/c1-12-4-6-13(7-5-12)18-21-22-20-23(18)19(24)17(27-20)10-14-8-9-15(25-2)11-16(14)26-3/h4-11H,1-3H3/b17-10+. The monoisotopic (exact) mass is 379 g/mol. The molecule has 2 aromatic carbocycles. The van der Waals surface area contributed by atoms with Crippen molar-refractivity contribution in [1.29, 1.82) is 0 Å². The minimum Gasteiger partial charge on any atom is -0.497 e. The van der Waals surface area contributed by atoms with Crippen LogP contribution in [0.2, 0.25) is 0 Å². The fourth-order valence-corrected chi connectivity index (χ4v) is 3.73. The van der Waals surface area contributed by atoms with Crippen molar-refractivity contribution in [2.24, 2.45) is 0 Å². The van der Waals surface area contributed by atoms with Gasteiger partial charge in [-0.1, -0.05) is 41.2 Å². The highest BCUT2D eigenvalue weighted by atomic mass is 32.1. The number of aryl methyl sites for hydroxylation is 1. The average Bonchev–Trinajstić information content (AvgIpc) is 3.23. The van der Waals surface area contributed by atoms with Crippen LogP contribution in [0, 0.1) is 6.92 Å². The van der Waals surface area contributed by atoms with Gasteiger partial charge >= 0.3 is 0 Å². The Bertz CT molecular complexity index is 1230. The quantitative estimate of drug-likeness (QED) is 0.545. The van der Waals surface area contributed by atoms with Crippen LogP contribution in [0.5, 0.6) is 11.5 Å². The summed E-state index contributed by atoms with van der Waals surface area (Å²) in [6, 6.07) is 13.3. The van der Waals surface area contributed by atoms with E-state index in [9.17, 15) is 4.79 Å². The van der Waals surface area contributed by atoms with Gasteiger partial charge in [0.1, 0.15) is 11.5 Å². The van der Waals surface area contributed by atoms with Crippen LogP contribution in [-0.2, 0) is 0 Å². The summed E-state index contributed by atoms with van der Waals surface area (Å²) in [6.45, 7) is 2.02. The van der Waals surface area contributed by atoms with E-state index in [1.54, 1.807) is 30.8 Å². The lowest BCUT2D eigenvalue weighted by atomic mass is 10.1. The molecule has 6 nitrogen and oxygen atoms in total. The summed E-state index contributed by atoms with van der Waals surface area (Å²) in [5, 5.41) is 8.36. The minimum absolute atomic E-state index is 0.145. The fraction of sp³-hybridized carbons (Fsp3) is 0.150. The van der Waals surface area contributed by atoms with E-state index in [2.05, 4.69) is 10.2 Å². The molecule has 7 heteroatoms. The second-order valence-electron chi connectivity index (χ2n) is 6.03. The van der Waals surface area contributed by atoms with Gasteiger partial charge < -0.3 is 9.47 Å². The van der Waals surface area contributed by atoms with Crippen molar-refractivity contribution in [3.63, 3.8) is 0 Å². The topological polar surface area (TPSA) is 65.7 Å². The number of fused-ring (bicyclic) bond motifs is 1. The molecule has 4 rings (SSSR count). The van der Waals surface area contributed by atoms with Crippen molar-refractivity contribution >= 4 is 22.4 Å². The molecule has 27 heavy (non-hydrogen) atoms. The molecule has 0 aliphatic carbocycles. The first-order chi connectivity index (χ1) is 13.1. The molecule has 0 bridgehead atoms. The highest BCUT2D eigenvalue weighted by Crippen LogP contribution is 2.25. The summed E-state index contributed by atoms with van der Waals surface area (Å²) >= 11 is 1.30. The molecule has 4 aromatic rings. The Morgan fingerprint density at radius 1 is 1.04 bits per heavy atom. The number of thiazole rings is 1. The summed E-state index contributed by atoms with van der Waals surface area (Å²) in [7, 11) is 3.19. The molecule has 0 saturated carbocycles. The Morgan fingerprint density at radius 3 is 2.52 bits per heavy atom. The van der Waals surface area contributed by atoms with Gasteiger partial charge in [0.15, 0.2) is 5.82 Å². The number of methoxy groups -OCH3 is 2. The Kier molecular flexibility index (Phi) is 4.37. The van der Waals surface area contributed by atoms with E-state index in [0.29, 0.717) is 26.8 Å². The molecule has 136 valence electrons. The lowest BCUT2D eigenvalue weighted by molar-refractivity contribution is 0.393. The Balaban J connectivity index is 1.87. The number of hydrogen-bond donors (Lipinski definition) is 0. The molecule has 0 radical (unpaired) electrons. The van der Waals surface area contributed by atoms with E-state index in [-0.39, 0.29) is 5.56 Å². The van der Waals surface area contributed by atoms with Crippen LogP contribution in [-0.4, -0.2) is 28.8 Å². The van der Waals surface area contributed by atoms with Gasteiger partial charge in [0, 0.05) is 17.2 Å². The van der Waals surface area contributed by atoms with E-state index in [0.717, 1.165) is 16.7 Å². The van der Waals surface area contributed by atoms with Crippen molar-refractivity contribution in [3.05, 3.63) is 68.5 Å². The van der Waals surface area contributed by atoms with Crippen LogP contribution >= 0.6 is 11.3 Å². The second kappa shape index (κ2) is 6.85. The first kappa shape index (κ1) is 17.2. The van der Waals surface area contributed by atoms with E-state index >= 15 is 0 Å². The number of hydrogen-bond acceptors (Lipinski definition) is 6. The van der Waals surface area contributed by atoms with E-state index < -0.39 is 0 Å². The fourth-order valence-electron chi connectivity index (χ4n) is 2.83. The molecular weight excluding hydrogens is 362 g/mol. The number of ether oxygens (including phenoxy) is 2. The number of rotatable bonds is 4. The van der Waals surface area contributed by atoms with Crippen molar-refractivity contribution in [2.45, 2.75) is 6.92 Å². The van der Waals surface area contributed by atoms with Crippen molar-refractivity contribution in [3.8, 4) is 22.9 Å². The smallest absolute Gasteiger partial charge is 0.276 e.